The first-order valence-corrected chi connectivity index (χ1v) is 8.05. The summed E-state index contributed by atoms with van der Waals surface area (Å²) in [4.78, 5) is 13.4. The van der Waals surface area contributed by atoms with Crippen LogP contribution in [-0.4, -0.2) is 37.4 Å². The van der Waals surface area contributed by atoms with Gasteiger partial charge in [-0.2, -0.15) is 5.26 Å². The first-order chi connectivity index (χ1) is 11.5. The van der Waals surface area contributed by atoms with E-state index in [4.69, 9.17) is 17.0 Å². The van der Waals surface area contributed by atoms with Gasteiger partial charge in [0, 0.05) is 12.6 Å². The Morgan fingerprint density at radius 3 is 2.92 bits per heavy atom. The van der Waals surface area contributed by atoms with E-state index in [-0.39, 0.29) is 6.10 Å². The van der Waals surface area contributed by atoms with E-state index in [1.54, 1.807) is 19.2 Å². The lowest BCUT2D eigenvalue weighted by atomic mass is 9.97. The van der Waals surface area contributed by atoms with Crippen molar-refractivity contribution in [3.05, 3.63) is 29.6 Å². The van der Waals surface area contributed by atoms with Crippen LogP contribution >= 0.6 is 12.2 Å². The molecule has 0 radical (unpaired) electrons. The smallest absolute Gasteiger partial charge is 0.414 e. The number of rotatable bonds is 4. The molecule has 126 valence electrons. The lowest BCUT2D eigenvalue weighted by Gasteiger charge is -2.16. The maximum atomic E-state index is 14.4. The molecule has 8 heteroatoms. The van der Waals surface area contributed by atoms with Crippen molar-refractivity contribution < 1.29 is 13.9 Å². The van der Waals surface area contributed by atoms with Gasteiger partial charge in [-0.25, -0.2) is 9.18 Å². The molecule has 1 saturated carbocycles. The molecule has 1 atom stereocenters. The first kappa shape index (κ1) is 16.5. The van der Waals surface area contributed by atoms with Gasteiger partial charge in [-0.05, 0) is 37.2 Å². The van der Waals surface area contributed by atoms with E-state index < -0.39 is 17.3 Å². The predicted octanol–water partition coefficient (Wildman–Crippen LogP) is 1.80. The maximum absolute atomic E-state index is 14.4. The second-order valence-corrected chi connectivity index (χ2v) is 6.34. The van der Waals surface area contributed by atoms with Crippen molar-refractivity contribution in [2.45, 2.75) is 24.4 Å². The molecule has 1 saturated heterocycles. The Hall–Kier alpha value is -2.40. The monoisotopic (exact) mass is 348 g/mol. The van der Waals surface area contributed by atoms with E-state index in [1.165, 1.54) is 11.0 Å². The number of halogens is 1. The molecule has 0 spiro atoms. The number of nitrogens with one attached hydrogen (secondary N) is 2. The van der Waals surface area contributed by atoms with Crippen molar-refractivity contribution in [2.75, 3.05) is 25.0 Å². The molecule has 0 aromatic heterocycles. The number of carbonyl (C=O) groups is 1. The van der Waals surface area contributed by atoms with Gasteiger partial charge in [-0.1, -0.05) is 6.07 Å². The lowest BCUT2D eigenvalue weighted by molar-refractivity contribution is 0.143. The van der Waals surface area contributed by atoms with E-state index in [1.807, 2.05) is 0 Å². The zero-order chi connectivity index (χ0) is 17.3. The minimum Gasteiger partial charge on any atom is -0.442 e. The van der Waals surface area contributed by atoms with Gasteiger partial charge >= 0.3 is 6.09 Å². The van der Waals surface area contributed by atoms with Crippen molar-refractivity contribution in [1.29, 1.82) is 5.26 Å². The number of anilines is 1. The van der Waals surface area contributed by atoms with Gasteiger partial charge in [-0.3, -0.25) is 4.90 Å². The Labute approximate surface area is 144 Å². The molecule has 2 N–H and O–H groups in total. The summed E-state index contributed by atoms with van der Waals surface area (Å²) in [6, 6.07) is 6.72. The van der Waals surface area contributed by atoms with Gasteiger partial charge in [0.2, 0.25) is 0 Å². The molecule has 1 aliphatic carbocycles. The molecule has 2 aliphatic rings. The summed E-state index contributed by atoms with van der Waals surface area (Å²) >= 11 is 4.97. The van der Waals surface area contributed by atoms with Gasteiger partial charge in [0.1, 0.15) is 11.9 Å². The number of thiocarbonyl (C=S) groups is 1. The highest BCUT2D eigenvalue weighted by molar-refractivity contribution is 7.80. The first-order valence-electron chi connectivity index (χ1n) is 7.64. The average Bonchev–Trinajstić information content (AvgIpc) is 3.29. The highest BCUT2D eigenvalue weighted by atomic mass is 32.1. The zero-order valence-corrected chi connectivity index (χ0v) is 14.0. The van der Waals surface area contributed by atoms with Crippen LogP contribution in [-0.2, 0) is 10.2 Å². The summed E-state index contributed by atoms with van der Waals surface area (Å²) in [5.74, 6) is -0.461. The fraction of sp³-hybridized carbons (Fsp3) is 0.438. The number of amides is 1. The number of ether oxygens (including phenoxy) is 1. The van der Waals surface area contributed by atoms with E-state index in [0.717, 1.165) is 0 Å². The standard InChI is InChI=1S/C16H17FN4O2S/c1-19-14(24)20-7-11-8-21(15(22)23-11)10-2-3-12(13(17)6-10)16(9-18)4-5-16/h2-3,6,11H,4-5,7-8H2,1H3,(H2,19,20,24). The number of cyclic esters (lactones) is 1. The maximum Gasteiger partial charge on any atom is 0.414 e. The van der Waals surface area contributed by atoms with Crippen molar-refractivity contribution in [3.63, 3.8) is 0 Å². The minimum atomic E-state index is -0.691. The summed E-state index contributed by atoms with van der Waals surface area (Å²) in [6.45, 7) is 0.681. The van der Waals surface area contributed by atoms with Crippen LogP contribution in [0.3, 0.4) is 0 Å². The minimum absolute atomic E-state index is 0.306. The number of nitriles is 1. The van der Waals surface area contributed by atoms with Crippen molar-refractivity contribution in [3.8, 4) is 6.07 Å². The van der Waals surface area contributed by atoms with Crippen LogP contribution in [0.1, 0.15) is 18.4 Å². The molecule has 1 heterocycles. The van der Waals surface area contributed by atoms with Crippen LogP contribution in [0.4, 0.5) is 14.9 Å². The van der Waals surface area contributed by atoms with Crippen LogP contribution in [0.15, 0.2) is 18.2 Å². The molecule has 3 rings (SSSR count). The molecule has 1 aromatic rings. The number of benzene rings is 1. The summed E-state index contributed by atoms with van der Waals surface area (Å²) < 4.78 is 19.6. The Morgan fingerprint density at radius 1 is 1.58 bits per heavy atom. The third-order valence-corrected chi connectivity index (χ3v) is 4.68. The van der Waals surface area contributed by atoms with Gasteiger partial charge in [0.15, 0.2) is 5.11 Å². The molecule has 2 fully saturated rings. The highest BCUT2D eigenvalue weighted by Gasteiger charge is 2.47. The van der Waals surface area contributed by atoms with Crippen LogP contribution in [0.5, 0.6) is 0 Å². The van der Waals surface area contributed by atoms with Crippen LogP contribution in [0.2, 0.25) is 0 Å². The van der Waals surface area contributed by atoms with Gasteiger partial charge in [0.05, 0.1) is 30.3 Å². The normalized spacial score (nSPS) is 21.0. The molecule has 0 bridgehead atoms. The van der Waals surface area contributed by atoms with Crippen molar-refractivity contribution in [1.82, 2.24) is 10.6 Å². The summed E-state index contributed by atoms with van der Waals surface area (Å²) in [5, 5.41) is 15.4. The SMILES string of the molecule is CNC(=S)NCC1CN(c2ccc(C3(C#N)CC3)c(F)c2)C(=O)O1. The fourth-order valence-corrected chi connectivity index (χ4v) is 2.84. The summed E-state index contributed by atoms with van der Waals surface area (Å²) in [5.41, 5.74) is 0.135. The van der Waals surface area contributed by atoms with Crippen LogP contribution < -0.4 is 15.5 Å². The number of nitrogens with zero attached hydrogens (tertiary/aromatic N) is 2. The quantitative estimate of drug-likeness (QED) is 0.808. The Morgan fingerprint density at radius 2 is 2.33 bits per heavy atom. The van der Waals surface area contributed by atoms with Crippen molar-refractivity contribution in [2.24, 2.45) is 0 Å². The summed E-state index contributed by atoms with van der Waals surface area (Å²) in [6.07, 6.45) is 0.445. The topological polar surface area (TPSA) is 77.4 Å². The largest absolute Gasteiger partial charge is 0.442 e. The van der Waals surface area contributed by atoms with E-state index >= 15 is 0 Å². The Kier molecular flexibility index (Phi) is 4.28. The highest BCUT2D eigenvalue weighted by Crippen LogP contribution is 2.48. The van der Waals surface area contributed by atoms with Crippen LogP contribution in [0, 0.1) is 17.1 Å². The van der Waals surface area contributed by atoms with Crippen molar-refractivity contribution >= 4 is 29.1 Å². The van der Waals surface area contributed by atoms with Gasteiger partial charge in [0.25, 0.3) is 0 Å². The predicted molar refractivity (Wildman–Crippen MR) is 90.2 cm³/mol. The van der Waals surface area contributed by atoms with E-state index in [2.05, 4.69) is 16.7 Å². The second-order valence-electron chi connectivity index (χ2n) is 5.93. The molecule has 1 amide bonds. The number of hydrogen-bond donors (Lipinski definition) is 2. The van der Waals surface area contributed by atoms with Gasteiger partial charge < -0.3 is 15.4 Å². The van der Waals surface area contributed by atoms with E-state index in [9.17, 15) is 14.4 Å². The third kappa shape index (κ3) is 2.99. The molecular formula is C16H17FN4O2S. The van der Waals surface area contributed by atoms with Crippen LogP contribution in [0.25, 0.3) is 0 Å². The number of hydrogen-bond acceptors (Lipinski definition) is 4. The van der Waals surface area contributed by atoms with E-state index in [0.29, 0.717) is 42.3 Å². The molecule has 6 nitrogen and oxygen atoms in total. The average molecular weight is 348 g/mol. The Balaban J connectivity index is 1.71. The molecule has 24 heavy (non-hydrogen) atoms. The molecular weight excluding hydrogens is 331 g/mol. The molecule has 1 unspecified atom stereocenters. The second kappa shape index (κ2) is 6.24. The molecule has 1 aromatic carbocycles. The molecule has 1 aliphatic heterocycles. The third-order valence-electron chi connectivity index (χ3n) is 4.34. The summed E-state index contributed by atoms with van der Waals surface area (Å²) in [7, 11) is 1.69. The lowest BCUT2D eigenvalue weighted by Crippen LogP contribution is -2.39. The Bertz CT molecular complexity index is 729. The number of carbonyl (C=O) groups excluding carboxylic acids is 1. The van der Waals surface area contributed by atoms with Gasteiger partial charge in [-0.15, -0.1) is 0 Å². The fourth-order valence-electron chi connectivity index (χ4n) is 2.76. The zero-order valence-electron chi connectivity index (χ0n) is 13.1.